The first-order valence-corrected chi connectivity index (χ1v) is 6.61. The first-order chi connectivity index (χ1) is 10.1. The van der Waals surface area contributed by atoms with Crippen molar-refractivity contribution in [1.82, 2.24) is 0 Å². The number of benzene rings is 2. The number of anilines is 2. The maximum Gasteiger partial charge on any atom is 0.273 e. The summed E-state index contributed by atoms with van der Waals surface area (Å²) < 4.78 is 0. The Morgan fingerprint density at radius 3 is 2.57 bits per heavy atom. The molecule has 0 unspecified atom stereocenters. The molecule has 0 aromatic heterocycles. The van der Waals surface area contributed by atoms with Gasteiger partial charge in [-0.05, 0) is 18.1 Å². The van der Waals surface area contributed by atoms with Gasteiger partial charge in [-0.15, -0.1) is 0 Å². The van der Waals surface area contributed by atoms with Crippen molar-refractivity contribution < 1.29 is 4.92 Å². The predicted molar refractivity (Wildman–Crippen MR) is 84.3 cm³/mol. The van der Waals surface area contributed by atoms with Crippen LogP contribution in [0.5, 0.6) is 0 Å². The number of likely N-dealkylation sites (N-methyl/N-ethyl adjacent to an activating group) is 1. The fourth-order valence-corrected chi connectivity index (χ4v) is 2.07. The Balaban J connectivity index is 2.12. The Morgan fingerprint density at radius 1 is 1.24 bits per heavy atom. The number of hydrogen-bond acceptors (Lipinski definition) is 5. The number of nitrogens with one attached hydrogen (secondary N) is 1. The van der Waals surface area contributed by atoms with E-state index in [1.165, 1.54) is 11.6 Å². The van der Waals surface area contributed by atoms with Crippen molar-refractivity contribution in [3.63, 3.8) is 0 Å². The van der Waals surface area contributed by atoms with E-state index in [0.717, 1.165) is 18.7 Å². The molecule has 3 N–H and O–H groups in total. The van der Waals surface area contributed by atoms with Gasteiger partial charge >= 0.3 is 0 Å². The quantitative estimate of drug-likeness (QED) is 0.484. The van der Waals surface area contributed by atoms with Gasteiger partial charge in [0.25, 0.3) is 5.69 Å². The Labute approximate surface area is 123 Å². The van der Waals surface area contributed by atoms with Crippen LogP contribution in [0.25, 0.3) is 0 Å². The Bertz CT molecular complexity index is 616. The SMILES string of the molecule is CN(CCc1ccccc1)c1cc(NN)cc([N+](=O)[O-])c1. The van der Waals surface area contributed by atoms with E-state index in [-0.39, 0.29) is 5.69 Å². The summed E-state index contributed by atoms with van der Waals surface area (Å²) >= 11 is 0. The molecule has 0 aliphatic heterocycles. The second-order valence-corrected chi connectivity index (χ2v) is 4.80. The molecule has 0 saturated carbocycles. The summed E-state index contributed by atoms with van der Waals surface area (Å²) in [6.45, 7) is 0.759. The number of nitro benzene ring substituents is 1. The van der Waals surface area contributed by atoms with Crippen molar-refractivity contribution in [3.8, 4) is 0 Å². The molecule has 0 amide bonds. The summed E-state index contributed by atoms with van der Waals surface area (Å²) in [7, 11) is 1.91. The van der Waals surface area contributed by atoms with Gasteiger partial charge in [0.05, 0.1) is 10.6 Å². The molecule has 6 nitrogen and oxygen atoms in total. The lowest BCUT2D eigenvalue weighted by molar-refractivity contribution is -0.384. The van der Waals surface area contributed by atoms with Gasteiger partial charge in [-0.3, -0.25) is 16.0 Å². The van der Waals surface area contributed by atoms with Crippen LogP contribution in [0.15, 0.2) is 48.5 Å². The topological polar surface area (TPSA) is 84.4 Å². The Morgan fingerprint density at radius 2 is 1.95 bits per heavy atom. The number of hydrogen-bond donors (Lipinski definition) is 2. The number of nitro groups is 1. The van der Waals surface area contributed by atoms with Crippen molar-refractivity contribution in [2.24, 2.45) is 5.84 Å². The van der Waals surface area contributed by atoms with E-state index in [0.29, 0.717) is 5.69 Å². The third-order valence-corrected chi connectivity index (χ3v) is 3.30. The van der Waals surface area contributed by atoms with Crippen molar-refractivity contribution in [1.29, 1.82) is 0 Å². The lowest BCUT2D eigenvalue weighted by Gasteiger charge is -2.20. The number of hydrazine groups is 1. The number of non-ortho nitro benzene ring substituents is 1. The van der Waals surface area contributed by atoms with Gasteiger partial charge in [0.2, 0.25) is 0 Å². The minimum absolute atomic E-state index is 0.0204. The molecule has 0 aliphatic rings. The average Bonchev–Trinajstić information content (AvgIpc) is 2.53. The zero-order chi connectivity index (χ0) is 15.2. The van der Waals surface area contributed by atoms with Gasteiger partial charge < -0.3 is 10.3 Å². The van der Waals surface area contributed by atoms with Crippen LogP contribution in [0.1, 0.15) is 5.56 Å². The van der Waals surface area contributed by atoms with E-state index < -0.39 is 4.92 Å². The van der Waals surface area contributed by atoms with E-state index in [2.05, 4.69) is 17.6 Å². The lowest BCUT2D eigenvalue weighted by atomic mass is 10.1. The van der Waals surface area contributed by atoms with Crippen LogP contribution in [0.4, 0.5) is 17.1 Å². The highest BCUT2D eigenvalue weighted by Crippen LogP contribution is 2.26. The number of nitrogens with two attached hydrogens (primary N) is 1. The monoisotopic (exact) mass is 286 g/mol. The molecule has 2 aromatic carbocycles. The molecule has 0 atom stereocenters. The maximum atomic E-state index is 10.9. The molecular formula is C15H18N4O2. The zero-order valence-electron chi connectivity index (χ0n) is 11.8. The first-order valence-electron chi connectivity index (χ1n) is 6.61. The third kappa shape index (κ3) is 3.93. The van der Waals surface area contributed by atoms with Gasteiger partial charge in [0.1, 0.15) is 0 Å². The Hall–Kier alpha value is -2.60. The molecule has 0 radical (unpaired) electrons. The van der Waals surface area contributed by atoms with E-state index in [9.17, 15) is 10.1 Å². The summed E-state index contributed by atoms with van der Waals surface area (Å²) in [4.78, 5) is 12.5. The summed E-state index contributed by atoms with van der Waals surface area (Å²) in [5.41, 5.74) is 4.99. The highest BCUT2D eigenvalue weighted by atomic mass is 16.6. The van der Waals surface area contributed by atoms with Crippen LogP contribution in [0.2, 0.25) is 0 Å². The van der Waals surface area contributed by atoms with E-state index in [4.69, 9.17) is 5.84 Å². The van der Waals surface area contributed by atoms with Gasteiger partial charge in [-0.2, -0.15) is 0 Å². The molecule has 0 spiro atoms. The fourth-order valence-electron chi connectivity index (χ4n) is 2.07. The third-order valence-electron chi connectivity index (χ3n) is 3.30. The molecule has 0 heterocycles. The smallest absolute Gasteiger partial charge is 0.273 e. The van der Waals surface area contributed by atoms with Crippen LogP contribution >= 0.6 is 0 Å². The second-order valence-electron chi connectivity index (χ2n) is 4.80. The van der Waals surface area contributed by atoms with Gasteiger partial charge in [0, 0.05) is 31.4 Å². The maximum absolute atomic E-state index is 10.9. The van der Waals surface area contributed by atoms with E-state index in [1.54, 1.807) is 12.1 Å². The molecule has 2 aromatic rings. The van der Waals surface area contributed by atoms with Crippen molar-refractivity contribution in [2.45, 2.75) is 6.42 Å². The highest BCUT2D eigenvalue weighted by molar-refractivity contribution is 5.64. The van der Waals surface area contributed by atoms with E-state index >= 15 is 0 Å². The minimum Gasteiger partial charge on any atom is -0.374 e. The number of rotatable bonds is 6. The lowest BCUT2D eigenvalue weighted by Crippen LogP contribution is -2.20. The Kier molecular flexibility index (Phi) is 4.73. The summed E-state index contributed by atoms with van der Waals surface area (Å²) in [6.07, 6.45) is 0.866. The molecule has 0 saturated heterocycles. The zero-order valence-corrected chi connectivity index (χ0v) is 11.8. The number of nitrogen functional groups attached to an aromatic ring is 1. The summed E-state index contributed by atoms with van der Waals surface area (Å²) in [5.74, 6) is 5.36. The van der Waals surface area contributed by atoms with E-state index in [1.807, 2.05) is 30.1 Å². The van der Waals surface area contributed by atoms with Crippen LogP contribution in [0.3, 0.4) is 0 Å². The molecule has 0 fully saturated rings. The van der Waals surface area contributed by atoms with Crippen molar-refractivity contribution >= 4 is 17.1 Å². The standard InChI is InChI=1S/C15H18N4O2/c1-18(8-7-12-5-3-2-4-6-12)14-9-13(17-16)10-15(11-14)19(20)21/h2-6,9-11,17H,7-8,16H2,1H3. The van der Waals surface area contributed by atoms with Gasteiger partial charge in [0.15, 0.2) is 0 Å². The fraction of sp³-hybridized carbons (Fsp3) is 0.200. The summed E-state index contributed by atoms with van der Waals surface area (Å²) in [6, 6.07) is 14.9. The molecule has 6 heteroatoms. The normalized spacial score (nSPS) is 10.2. The predicted octanol–water partition coefficient (Wildman–Crippen LogP) is 2.56. The molecule has 0 bridgehead atoms. The van der Waals surface area contributed by atoms with Gasteiger partial charge in [-0.25, -0.2) is 0 Å². The van der Waals surface area contributed by atoms with Gasteiger partial charge in [-0.1, -0.05) is 30.3 Å². The average molecular weight is 286 g/mol. The molecule has 110 valence electrons. The first kappa shape index (κ1) is 14.8. The molecule has 21 heavy (non-hydrogen) atoms. The van der Waals surface area contributed by atoms with Crippen LogP contribution in [0, 0.1) is 10.1 Å². The minimum atomic E-state index is -0.421. The molecule has 2 rings (SSSR count). The number of nitrogens with zero attached hydrogens (tertiary/aromatic N) is 2. The summed E-state index contributed by atoms with van der Waals surface area (Å²) in [5, 5.41) is 10.9. The van der Waals surface area contributed by atoms with Crippen molar-refractivity contribution in [3.05, 3.63) is 64.2 Å². The van der Waals surface area contributed by atoms with Crippen molar-refractivity contribution in [2.75, 3.05) is 23.9 Å². The molecular weight excluding hydrogens is 268 g/mol. The largest absolute Gasteiger partial charge is 0.374 e. The highest BCUT2D eigenvalue weighted by Gasteiger charge is 2.12. The van der Waals surface area contributed by atoms with Crippen LogP contribution < -0.4 is 16.2 Å². The second kappa shape index (κ2) is 6.71. The molecule has 0 aliphatic carbocycles. The van der Waals surface area contributed by atoms with Crippen LogP contribution in [-0.2, 0) is 6.42 Å². The van der Waals surface area contributed by atoms with Crippen LogP contribution in [-0.4, -0.2) is 18.5 Å².